The van der Waals surface area contributed by atoms with Crippen LogP contribution in [0.25, 0.3) is 0 Å². The van der Waals surface area contributed by atoms with E-state index in [0.29, 0.717) is 0 Å². The van der Waals surface area contributed by atoms with Gasteiger partial charge in [0.05, 0.1) is 12.3 Å². The average Bonchev–Trinajstić information content (AvgIpc) is 2.52. The molecule has 1 aromatic heterocycles. The highest BCUT2D eigenvalue weighted by molar-refractivity contribution is 7.15. The Morgan fingerprint density at radius 3 is 3.07 bits per heavy atom. The Kier molecular flexibility index (Phi) is 5.40. The number of nitrogens with zero attached hydrogens (tertiary/aromatic N) is 1. The van der Waals surface area contributed by atoms with Crippen LogP contribution in [0.5, 0.6) is 0 Å². The van der Waals surface area contributed by atoms with Gasteiger partial charge in [0.1, 0.15) is 9.34 Å². The van der Waals surface area contributed by atoms with Crippen LogP contribution in [0.2, 0.25) is 4.34 Å². The molecule has 1 N–H and O–H groups in total. The molecule has 1 aromatic rings. The molecule has 0 aliphatic rings. The second-order valence-electron chi connectivity index (χ2n) is 2.95. The fourth-order valence-corrected chi connectivity index (χ4v) is 2.02. The Balaban J connectivity index is 2.15. The predicted molar refractivity (Wildman–Crippen MR) is 59.9 cm³/mol. The smallest absolute Gasteiger partial charge is 0.113 e. The summed E-state index contributed by atoms with van der Waals surface area (Å²) in [5, 5.41) is 4.28. The molecule has 1 heterocycles. The van der Waals surface area contributed by atoms with Gasteiger partial charge in [-0.15, -0.1) is 11.3 Å². The van der Waals surface area contributed by atoms with Crippen LogP contribution in [0, 0.1) is 0 Å². The summed E-state index contributed by atoms with van der Waals surface area (Å²) in [6, 6.07) is 0. The maximum atomic E-state index is 5.76. The molecular weight excluding hydrogens is 220 g/mol. The van der Waals surface area contributed by atoms with Crippen LogP contribution in [-0.2, 0) is 11.3 Å². The Morgan fingerprint density at radius 2 is 2.50 bits per heavy atom. The second kappa shape index (κ2) is 6.35. The Labute approximate surface area is 93.4 Å². The van der Waals surface area contributed by atoms with Crippen LogP contribution in [0.15, 0.2) is 6.20 Å². The fraction of sp³-hybridized carbons (Fsp3) is 0.667. The predicted octanol–water partition coefficient (Wildman–Crippen LogP) is 2.31. The lowest BCUT2D eigenvalue weighted by Gasteiger charge is -2.11. The number of nitrogens with one attached hydrogen (secondary N) is 1. The molecule has 14 heavy (non-hydrogen) atoms. The van der Waals surface area contributed by atoms with Crippen LogP contribution in [0.4, 0.5) is 0 Å². The lowest BCUT2D eigenvalue weighted by Crippen LogP contribution is -2.26. The second-order valence-corrected chi connectivity index (χ2v) is 4.70. The van der Waals surface area contributed by atoms with Crippen molar-refractivity contribution < 1.29 is 4.74 Å². The molecule has 0 aliphatic carbocycles. The topological polar surface area (TPSA) is 34.1 Å². The van der Waals surface area contributed by atoms with E-state index >= 15 is 0 Å². The third-order valence-electron chi connectivity index (χ3n) is 1.68. The molecule has 1 unspecified atom stereocenters. The zero-order valence-corrected chi connectivity index (χ0v) is 9.99. The largest absolute Gasteiger partial charge is 0.377 e. The number of hydrogen-bond acceptors (Lipinski definition) is 4. The van der Waals surface area contributed by atoms with Crippen LogP contribution < -0.4 is 5.32 Å². The van der Waals surface area contributed by atoms with Crippen molar-refractivity contribution in [1.82, 2.24) is 10.3 Å². The first-order chi connectivity index (χ1) is 6.72. The van der Waals surface area contributed by atoms with E-state index in [1.807, 2.05) is 13.8 Å². The summed E-state index contributed by atoms with van der Waals surface area (Å²) in [6.07, 6.45) is 1.92. The highest BCUT2D eigenvalue weighted by Gasteiger charge is 2.02. The van der Waals surface area contributed by atoms with Crippen molar-refractivity contribution in [3.63, 3.8) is 0 Å². The molecule has 3 nitrogen and oxygen atoms in total. The zero-order chi connectivity index (χ0) is 10.4. The van der Waals surface area contributed by atoms with Gasteiger partial charge in [-0.1, -0.05) is 11.6 Å². The van der Waals surface area contributed by atoms with E-state index in [4.69, 9.17) is 16.3 Å². The Morgan fingerprint density at radius 1 is 1.71 bits per heavy atom. The number of rotatable bonds is 6. The molecule has 5 heteroatoms. The highest BCUT2D eigenvalue weighted by atomic mass is 35.5. The number of ether oxygens (including phenoxy) is 1. The standard InChI is InChI=1S/C9H15ClN2OS/c1-3-13-7(2)4-11-6-9-12-5-8(10)14-9/h5,7,11H,3-4,6H2,1-2H3. The van der Waals surface area contributed by atoms with Gasteiger partial charge >= 0.3 is 0 Å². The normalized spacial score (nSPS) is 13.1. The molecule has 0 bridgehead atoms. The van der Waals surface area contributed by atoms with Gasteiger partial charge in [0.2, 0.25) is 0 Å². The summed E-state index contributed by atoms with van der Waals surface area (Å²) in [5.41, 5.74) is 0. The van der Waals surface area contributed by atoms with Gasteiger partial charge in [0.15, 0.2) is 0 Å². The van der Waals surface area contributed by atoms with Crippen molar-refractivity contribution in [3.8, 4) is 0 Å². The summed E-state index contributed by atoms with van der Waals surface area (Å²) in [4.78, 5) is 4.14. The van der Waals surface area contributed by atoms with Crippen molar-refractivity contribution in [1.29, 1.82) is 0 Å². The highest BCUT2D eigenvalue weighted by Crippen LogP contribution is 2.17. The van der Waals surface area contributed by atoms with E-state index in [9.17, 15) is 0 Å². The van der Waals surface area contributed by atoms with Gasteiger partial charge < -0.3 is 10.1 Å². The Hall–Kier alpha value is -0.160. The summed E-state index contributed by atoms with van der Waals surface area (Å²) in [7, 11) is 0. The molecule has 0 aliphatic heterocycles. The van der Waals surface area contributed by atoms with Crippen LogP contribution >= 0.6 is 22.9 Å². The molecule has 1 atom stereocenters. The molecule has 0 amide bonds. The summed E-state index contributed by atoms with van der Waals surface area (Å²) in [5.74, 6) is 0. The maximum absolute atomic E-state index is 5.76. The minimum atomic E-state index is 0.246. The van der Waals surface area contributed by atoms with E-state index in [1.54, 1.807) is 6.20 Å². The lowest BCUT2D eigenvalue weighted by atomic mass is 10.4. The zero-order valence-electron chi connectivity index (χ0n) is 8.42. The van der Waals surface area contributed by atoms with Crippen molar-refractivity contribution in [3.05, 3.63) is 15.5 Å². The van der Waals surface area contributed by atoms with Crippen molar-refractivity contribution >= 4 is 22.9 Å². The number of aromatic nitrogens is 1. The number of thiazole rings is 1. The van der Waals surface area contributed by atoms with Gasteiger partial charge in [-0.25, -0.2) is 4.98 Å². The van der Waals surface area contributed by atoms with Crippen molar-refractivity contribution in [2.24, 2.45) is 0 Å². The van der Waals surface area contributed by atoms with Crippen LogP contribution in [-0.4, -0.2) is 24.2 Å². The van der Waals surface area contributed by atoms with Gasteiger partial charge in [0.25, 0.3) is 0 Å². The fourth-order valence-electron chi connectivity index (χ4n) is 1.10. The van der Waals surface area contributed by atoms with Gasteiger partial charge in [-0.05, 0) is 13.8 Å². The molecule has 80 valence electrons. The van der Waals surface area contributed by atoms with Crippen LogP contribution in [0.3, 0.4) is 0 Å². The first kappa shape index (κ1) is 11.9. The number of hydrogen-bond donors (Lipinski definition) is 1. The maximum Gasteiger partial charge on any atom is 0.113 e. The minimum absolute atomic E-state index is 0.246. The SMILES string of the molecule is CCOC(C)CNCc1ncc(Cl)s1. The van der Waals surface area contributed by atoms with Crippen molar-refractivity contribution in [2.75, 3.05) is 13.2 Å². The summed E-state index contributed by atoms with van der Waals surface area (Å²) < 4.78 is 6.12. The number of halogens is 1. The lowest BCUT2D eigenvalue weighted by molar-refractivity contribution is 0.0759. The van der Waals surface area contributed by atoms with Gasteiger partial charge in [0, 0.05) is 19.7 Å². The van der Waals surface area contributed by atoms with E-state index in [0.717, 1.165) is 29.0 Å². The summed E-state index contributed by atoms with van der Waals surface area (Å²) >= 11 is 7.26. The Bertz CT molecular complexity index is 267. The third-order valence-corrected chi connectivity index (χ3v) is 2.80. The van der Waals surface area contributed by atoms with Crippen LogP contribution in [0.1, 0.15) is 18.9 Å². The van der Waals surface area contributed by atoms with Gasteiger partial charge in [-0.2, -0.15) is 0 Å². The van der Waals surface area contributed by atoms with Crippen molar-refractivity contribution in [2.45, 2.75) is 26.5 Å². The molecule has 0 saturated carbocycles. The molecule has 1 rings (SSSR count). The molecule has 0 aromatic carbocycles. The quantitative estimate of drug-likeness (QED) is 0.820. The van der Waals surface area contributed by atoms with E-state index in [1.165, 1.54) is 11.3 Å². The molecule has 0 saturated heterocycles. The molecule has 0 spiro atoms. The average molecular weight is 235 g/mol. The molecule has 0 fully saturated rings. The third kappa shape index (κ3) is 4.37. The monoisotopic (exact) mass is 234 g/mol. The minimum Gasteiger partial charge on any atom is -0.377 e. The summed E-state index contributed by atoms with van der Waals surface area (Å²) in [6.45, 7) is 6.40. The molecule has 0 radical (unpaired) electrons. The molecular formula is C9H15ClN2OS. The first-order valence-electron chi connectivity index (χ1n) is 4.65. The van der Waals surface area contributed by atoms with E-state index in [-0.39, 0.29) is 6.10 Å². The van der Waals surface area contributed by atoms with E-state index < -0.39 is 0 Å². The first-order valence-corrected chi connectivity index (χ1v) is 5.84. The van der Waals surface area contributed by atoms with Gasteiger partial charge in [-0.3, -0.25) is 0 Å². The van der Waals surface area contributed by atoms with E-state index in [2.05, 4.69) is 10.3 Å².